The summed E-state index contributed by atoms with van der Waals surface area (Å²) in [5, 5.41) is 3.34. The van der Waals surface area contributed by atoms with E-state index in [0.29, 0.717) is 12.5 Å². The summed E-state index contributed by atoms with van der Waals surface area (Å²) in [7, 11) is 1.67. The Kier molecular flexibility index (Phi) is 9.28. The van der Waals surface area contributed by atoms with Crippen molar-refractivity contribution in [2.45, 2.75) is 64.2 Å². The third kappa shape index (κ3) is 8.09. The predicted octanol–water partition coefficient (Wildman–Crippen LogP) is 6.87. The van der Waals surface area contributed by atoms with Gasteiger partial charge in [-0.2, -0.15) is 0 Å². The normalized spacial score (nSPS) is 15.0. The summed E-state index contributed by atoms with van der Waals surface area (Å²) in [4.78, 5) is 28.2. The van der Waals surface area contributed by atoms with Crippen molar-refractivity contribution >= 4 is 12.0 Å². The number of carbonyl (C=O) groups is 2. The largest absolute Gasteiger partial charge is 0.489 e. The third-order valence-electron chi connectivity index (χ3n) is 7.09. The molecule has 0 saturated heterocycles. The van der Waals surface area contributed by atoms with Gasteiger partial charge in [0, 0.05) is 13.6 Å². The second-order valence-corrected chi connectivity index (χ2v) is 11.3. The maximum absolute atomic E-state index is 13.9. The van der Waals surface area contributed by atoms with Crippen LogP contribution in [-0.4, -0.2) is 36.1 Å². The van der Waals surface area contributed by atoms with Gasteiger partial charge in [0.25, 0.3) is 0 Å². The molecule has 6 heteroatoms. The van der Waals surface area contributed by atoms with Crippen molar-refractivity contribution in [1.82, 2.24) is 10.2 Å². The standard InChI is InChI=1S/C33H40N2O4/c1-33(2,3)39-32(37)35(4)22-29(25-18-20-28(21-19-25)38-23-24-12-7-5-8-13-24)31(36)34-30(27-16-11-17-27)26-14-9-6-10-15-26/h5-10,12-15,18-21,27,29-30H,11,16-17,22-23H2,1-4H3,(H,34,36)/t29-,30?/m0/s1. The van der Waals surface area contributed by atoms with E-state index in [9.17, 15) is 9.59 Å². The molecule has 3 aromatic carbocycles. The predicted molar refractivity (Wildman–Crippen MR) is 153 cm³/mol. The molecule has 1 aliphatic carbocycles. The molecule has 0 bridgehead atoms. The van der Waals surface area contributed by atoms with Crippen LogP contribution in [0.25, 0.3) is 0 Å². The van der Waals surface area contributed by atoms with Crippen LogP contribution in [0.1, 0.15) is 68.7 Å². The van der Waals surface area contributed by atoms with E-state index in [-0.39, 0.29) is 18.5 Å². The van der Waals surface area contributed by atoms with Crippen LogP contribution in [0.15, 0.2) is 84.9 Å². The van der Waals surface area contributed by atoms with Crippen molar-refractivity contribution in [3.63, 3.8) is 0 Å². The lowest BCUT2D eigenvalue weighted by atomic mass is 9.77. The van der Waals surface area contributed by atoms with Crippen LogP contribution in [0, 0.1) is 5.92 Å². The number of ether oxygens (including phenoxy) is 2. The first-order valence-electron chi connectivity index (χ1n) is 13.8. The molecule has 0 spiro atoms. The molecule has 4 rings (SSSR count). The van der Waals surface area contributed by atoms with E-state index in [1.165, 1.54) is 11.3 Å². The molecule has 1 aliphatic rings. The van der Waals surface area contributed by atoms with Gasteiger partial charge in [-0.3, -0.25) is 4.79 Å². The number of likely N-dealkylation sites (N-methyl/N-ethyl adjacent to an activating group) is 1. The zero-order chi connectivity index (χ0) is 27.8. The maximum Gasteiger partial charge on any atom is 0.410 e. The molecule has 0 aromatic heterocycles. The highest BCUT2D eigenvalue weighted by molar-refractivity contribution is 5.85. The number of rotatable bonds is 10. The monoisotopic (exact) mass is 528 g/mol. The summed E-state index contributed by atoms with van der Waals surface area (Å²) >= 11 is 0. The topological polar surface area (TPSA) is 67.9 Å². The fourth-order valence-corrected chi connectivity index (χ4v) is 4.73. The molecule has 206 valence electrons. The summed E-state index contributed by atoms with van der Waals surface area (Å²) in [6.45, 7) is 6.16. The van der Waals surface area contributed by atoms with Crippen molar-refractivity contribution in [2.75, 3.05) is 13.6 Å². The second-order valence-electron chi connectivity index (χ2n) is 11.3. The molecule has 0 aliphatic heterocycles. The summed E-state index contributed by atoms with van der Waals surface area (Å²) < 4.78 is 11.5. The zero-order valence-electron chi connectivity index (χ0n) is 23.4. The zero-order valence-corrected chi connectivity index (χ0v) is 23.4. The van der Waals surface area contributed by atoms with Gasteiger partial charge in [-0.1, -0.05) is 79.2 Å². The van der Waals surface area contributed by atoms with E-state index < -0.39 is 17.6 Å². The van der Waals surface area contributed by atoms with E-state index >= 15 is 0 Å². The van der Waals surface area contributed by atoms with E-state index in [0.717, 1.165) is 35.3 Å². The quantitative estimate of drug-likeness (QED) is 0.312. The Hall–Kier alpha value is -3.80. The van der Waals surface area contributed by atoms with Gasteiger partial charge in [0.05, 0.1) is 12.0 Å². The van der Waals surface area contributed by atoms with Crippen LogP contribution >= 0.6 is 0 Å². The minimum atomic E-state index is -0.622. The average molecular weight is 529 g/mol. The number of amides is 2. The summed E-state index contributed by atoms with van der Waals surface area (Å²) in [5.41, 5.74) is 2.39. The van der Waals surface area contributed by atoms with Crippen LogP contribution in [0.3, 0.4) is 0 Å². The summed E-state index contributed by atoms with van der Waals surface area (Å²) in [6, 6.07) is 27.7. The molecule has 2 atom stereocenters. The number of hydrogen-bond acceptors (Lipinski definition) is 4. The Labute approximate surface area is 232 Å². The van der Waals surface area contributed by atoms with Gasteiger partial charge in [-0.15, -0.1) is 0 Å². The van der Waals surface area contributed by atoms with Gasteiger partial charge in [-0.05, 0) is 68.4 Å². The highest BCUT2D eigenvalue weighted by atomic mass is 16.6. The molecule has 0 radical (unpaired) electrons. The molecule has 1 unspecified atom stereocenters. The first-order chi connectivity index (χ1) is 18.7. The fourth-order valence-electron chi connectivity index (χ4n) is 4.73. The molecule has 6 nitrogen and oxygen atoms in total. The van der Waals surface area contributed by atoms with E-state index in [4.69, 9.17) is 9.47 Å². The smallest absolute Gasteiger partial charge is 0.410 e. The van der Waals surface area contributed by atoms with Crippen LogP contribution in [0.2, 0.25) is 0 Å². The molecular formula is C33H40N2O4. The van der Waals surface area contributed by atoms with Gasteiger partial charge in [0.15, 0.2) is 0 Å². The first-order valence-corrected chi connectivity index (χ1v) is 13.8. The van der Waals surface area contributed by atoms with Crippen molar-refractivity contribution < 1.29 is 19.1 Å². The Morgan fingerprint density at radius 1 is 0.897 bits per heavy atom. The molecule has 1 N–H and O–H groups in total. The van der Waals surface area contributed by atoms with Crippen molar-refractivity contribution in [2.24, 2.45) is 5.92 Å². The number of benzene rings is 3. The second kappa shape index (κ2) is 12.8. The summed E-state index contributed by atoms with van der Waals surface area (Å²) in [6.07, 6.45) is 2.91. The van der Waals surface area contributed by atoms with Crippen molar-refractivity contribution in [3.8, 4) is 5.75 Å². The highest BCUT2D eigenvalue weighted by Gasteiger charge is 2.33. The van der Waals surface area contributed by atoms with Crippen LogP contribution < -0.4 is 10.1 Å². The molecule has 3 aromatic rings. The molecule has 39 heavy (non-hydrogen) atoms. The average Bonchev–Trinajstić information content (AvgIpc) is 2.89. The van der Waals surface area contributed by atoms with E-state index in [1.807, 2.05) is 93.6 Å². The minimum absolute atomic E-state index is 0.0599. The maximum atomic E-state index is 13.9. The minimum Gasteiger partial charge on any atom is -0.489 e. The fraction of sp³-hybridized carbons (Fsp3) is 0.394. The number of hydrogen-bond donors (Lipinski definition) is 1. The Morgan fingerprint density at radius 2 is 1.51 bits per heavy atom. The lowest BCUT2D eigenvalue weighted by molar-refractivity contribution is -0.124. The summed E-state index contributed by atoms with van der Waals surface area (Å²) in [5.74, 6) is 0.453. The van der Waals surface area contributed by atoms with E-state index in [1.54, 1.807) is 7.05 Å². The van der Waals surface area contributed by atoms with E-state index in [2.05, 4.69) is 17.4 Å². The Bertz CT molecular complexity index is 1200. The van der Waals surface area contributed by atoms with Gasteiger partial charge >= 0.3 is 6.09 Å². The van der Waals surface area contributed by atoms with Gasteiger partial charge < -0.3 is 19.7 Å². The Morgan fingerprint density at radius 3 is 2.08 bits per heavy atom. The number of nitrogens with zero attached hydrogens (tertiary/aromatic N) is 1. The molecule has 2 amide bonds. The van der Waals surface area contributed by atoms with Crippen molar-refractivity contribution in [1.29, 1.82) is 0 Å². The lowest BCUT2D eigenvalue weighted by Crippen LogP contribution is -2.43. The SMILES string of the molecule is CN(C[C@H](C(=O)NC(c1ccccc1)C1CCC1)c1ccc(OCc2ccccc2)cc1)C(=O)OC(C)(C)C. The Balaban J connectivity index is 1.53. The third-order valence-corrected chi connectivity index (χ3v) is 7.09. The van der Waals surface area contributed by atoms with Gasteiger partial charge in [0.1, 0.15) is 18.0 Å². The molecule has 0 heterocycles. The first kappa shape index (κ1) is 28.2. The van der Waals surface area contributed by atoms with Gasteiger partial charge in [-0.25, -0.2) is 4.79 Å². The lowest BCUT2D eigenvalue weighted by Gasteiger charge is -2.36. The number of carbonyl (C=O) groups excluding carboxylic acids is 2. The van der Waals surface area contributed by atoms with Crippen LogP contribution in [0.5, 0.6) is 5.75 Å². The van der Waals surface area contributed by atoms with Crippen LogP contribution in [0.4, 0.5) is 4.79 Å². The van der Waals surface area contributed by atoms with Crippen molar-refractivity contribution in [3.05, 3.63) is 102 Å². The molecule has 1 saturated carbocycles. The highest BCUT2D eigenvalue weighted by Crippen LogP contribution is 2.38. The number of nitrogens with one attached hydrogen (secondary N) is 1. The van der Waals surface area contributed by atoms with Gasteiger partial charge in [0.2, 0.25) is 5.91 Å². The molecular weight excluding hydrogens is 488 g/mol. The van der Waals surface area contributed by atoms with Crippen LogP contribution in [-0.2, 0) is 16.1 Å². The molecule has 1 fully saturated rings.